The Morgan fingerprint density at radius 1 is 1.20 bits per heavy atom. The monoisotopic (exact) mass is 334 g/mol. The van der Waals surface area contributed by atoms with Crippen LogP contribution in [0.1, 0.15) is 24.0 Å². The molecule has 0 spiro atoms. The highest BCUT2D eigenvalue weighted by Crippen LogP contribution is 2.25. The van der Waals surface area contributed by atoms with Crippen LogP contribution in [-0.2, 0) is 0 Å². The van der Waals surface area contributed by atoms with E-state index in [1.807, 2.05) is 66.4 Å². The number of benzene rings is 2. The average Bonchev–Trinajstić information content (AvgIpc) is 2.65. The van der Waals surface area contributed by atoms with Crippen molar-refractivity contribution in [2.24, 2.45) is 0 Å². The Morgan fingerprint density at radius 3 is 2.52 bits per heavy atom. The number of nitriles is 1. The van der Waals surface area contributed by atoms with Crippen LogP contribution in [0.25, 0.3) is 0 Å². The first-order valence-electron chi connectivity index (χ1n) is 8.52. The minimum atomic E-state index is -0.306. The Kier molecular flexibility index (Phi) is 5.32. The lowest BCUT2D eigenvalue weighted by Gasteiger charge is -2.33. The van der Waals surface area contributed by atoms with Crippen LogP contribution < -0.4 is 10.6 Å². The molecular formula is C20H22N4O. The maximum atomic E-state index is 12.4. The van der Waals surface area contributed by atoms with Crippen molar-refractivity contribution in [1.29, 1.82) is 5.26 Å². The van der Waals surface area contributed by atoms with Crippen LogP contribution in [-0.4, -0.2) is 36.6 Å². The van der Waals surface area contributed by atoms with E-state index in [2.05, 4.69) is 16.7 Å². The maximum absolute atomic E-state index is 12.4. The van der Waals surface area contributed by atoms with Gasteiger partial charge in [-0.2, -0.15) is 5.26 Å². The number of rotatable bonds is 3. The van der Waals surface area contributed by atoms with E-state index in [4.69, 9.17) is 0 Å². The summed E-state index contributed by atoms with van der Waals surface area (Å²) in [7, 11) is 0. The standard InChI is InChI=1S/C20H22N4O/c1-15-14-22-11-12-24(15)20(25)23-18-9-7-17(8-10-18)19(13-21)16-5-3-2-4-6-16/h2-10,15,19,22H,11-12,14H2,1H3,(H,23,25). The van der Waals surface area contributed by atoms with Gasteiger partial charge in [0.25, 0.3) is 0 Å². The molecular weight excluding hydrogens is 312 g/mol. The van der Waals surface area contributed by atoms with E-state index >= 15 is 0 Å². The van der Waals surface area contributed by atoms with E-state index in [1.54, 1.807) is 0 Å². The third-order valence-electron chi connectivity index (χ3n) is 4.52. The quantitative estimate of drug-likeness (QED) is 0.906. The first-order valence-corrected chi connectivity index (χ1v) is 8.52. The van der Waals surface area contributed by atoms with Crippen molar-refractivity contribution in [1.82, 2.24) is 10.2 Å². The van der Waals surface area contributed by atoms with Gasteiger partial charge in [0.15, 0.2) is 0 Å². The molecule has 0 bridgehead atoms. The van der Waals surface area contributed by atoms with Gasteiger partial charge in [0, 0.05) is 31.4 Å². The number of hydrogen-bond donors (Lipinski definition) is 2. The molecule has 5 nitrogen and oxygen atoms in total. The number of anilines is 1. The van der Waals surface area contributed by atoms with Crippen LogP contribution >= 0.6 is 0 Å². The second-order valence-electron chi connectivity index (χ2n) is 6.27. The van der Waals surface area contributed by atoms with E-state index in [9.17, 15) is 10.1 Å². The fraction of sp³-hybridized carbons (Fsp3) is 0.300. The second kappa shape index (κ2) is 7.82. The zero-order chi connectivity index (χ0) is 17.6. The van der Waals surface area contributed by atoms with Gasteiger partial charge in [0.2, 0.25) is 0 Å². The molecule has 2 unspecified atom stereocenters. The van der Waals surface area contributed by atoms with Crippen LogP contribution in [0.15, 0.2) is 54.6 Å². The van der Waals surface area contributed by atoms with Crippen LogP contribution in [0, 0.1) is 11.3 Å². The zero-order valence-corrected chi connectivity index (χ0v) is 14.3. The Labute approximate surface area is 148 Å². The van der Waals surface area contributed by atoms with E-state index in [0.29, 0.717) is 6.54 Å². The molecule has 0 aliphatic carbocycles. The predicted molar refractivity (Wildman–Crippen MR) is 98.4 cm³/mol. The van der Waals surface area contributed by atoms with Gasteiger partial charge in [0.1, 0.15) is 0 Å². The smallest absolute Gasteiger partial charge is 0.319 e. The molecule has 1 saturated heterocycles. The summed E-state index contributed by atoms with van der Waals surface area (Å²) in [5, 5.41) is 15.7. The van der Waals surface area contributed by atoms with Crippen molar-refractivity contribution >= 4 is 11.7 Å². The summed E-state index contributed by atoms with van der Waals surface area (Å²) in [6, 6.07) is 19.7. The summed E-state index contributed by atoms with van der Waals surface area (Å²) >= 11 is 0. The maximum Gasteiger partial charge on any atom is 0.322 e. The van der Waals surface area contributed by atoms with Crippen molar-refractivity contribution in [2.75, 3.05) is 25.0 Å². The van der Waals surface area contributed by atoms with Gasteiger partial charge in [0.05, 0.1) is 12.0 Å². The zero-order valence-electron chi connectivity index (χ0n) is 14.3. The lowest BCUT2D eigenvalue weighted by atomic mass is 9.92. The number of urea groups is 1. The van der Waals surface area contributed by atoms with E-state index in [0.717, 1.165) is 29.9 Å². The number of nitrogens with zero attached hydrogens (tertiary/aromatic N) is 2. The van der Waals surface area contributed by atoms with Crippen molar-refractivity contribution in [3.63, 3.8) is 0 Å². The van der Waals surface area contributed by atoms with Crippen molar-refractivity contribution in [3.05, 3.63) is 65.7 Å². The lowest BCUT2D eigenvalue weighted by molar-refractivity contribution is 0.177. The van der Waals surface area contributed by atoms with Crippen molar-refractivity contribution in [3.8, 4) is 6.07 Å². The van der Waals surface area contributed by atoms with Gasteiger partial charge in [-0.1, -0.05) is 42.5 Å². The predicted octanol–water partition coefficient (Wildman–Crippen LogP) is 3.17. The molecule has 1 heterocycles. The molecule has 2 aromatic carbocycles. The van der Waals surface area contributed by atoms with Gasteiger partial charge in [-0.15, -0.1) is 0 Å². The van der Waals surface area contributed by atoms with Crippen LogP contribution in [0.5, 0.6) is 0 Å². The molecule has 128 valence electrons. The fourth-order valence-corrected chi connectivity index (χ4v) is 3.08. The molecule has 2 atom stereocenters. The van der Waals surface area contributed by atoms with Crippen LogP contribution in [0.4, 0.5) is 10.5 Å². The van der Waals surface area contributed by atoms with Gasteiger partial charge < -0.3 is 15.5 Å². The summed E-state index contributed by atoms with van der Waals surface area (Å²) in [4.78, 5) is 14.2. The first kappa shape index (κ1) is 17.0. The summed E-state index contributed by atoms with van der Waals surface area (Å²) in [5.74, 6) is -0.306. The molecule has 25 heavy (non-hydrogen) atoms. The number of carbonyl (C=O) groups excluding carboxylic acids is 1. The summed E-state index contributed by atoms with van der Waals surface area (Å²) in [6.07, 6.45) is 0. The molecule has 2 N–H and O–H groups in total. The number of amides is 2. The summed E-state index contributed by atoms with van der Waals surface area (Å²) in [6.45, 7) is 4.37. The normalized spacial score (nSPS) is 18.2. The Hall–Kier alpha value is -2.84. The summed E-state index contributed by atoms with van der Waals surface area (Å²) < 4.78 is 0. The molecule has 1 fully saturated rings. The molecule has 0 saturated carbocycles. The van der Waals surface area contributed by atoms with Crippen LogP contribution in [0.3, 0.4) is 0 Å². The largest absolute Gasteiger partial charge is 0.322 e. The number of hydrogen-bond acceptors (Lipinski definition) is 3. The van der Waals surface area contributed by atoms with Gasteiger partial charge in [-0.25, -0.2) is 4.79 Å². The molecule has 3 rings (SSSR count). The molecule has 1 aliphatic heterocycles. The fourth-order valence-electron chi connectivity index (χ4n) is 3.08. The highest BCUT2D eigenvalue weighted by Gasteiger charge is 2.23. The molecule has 5 heteroatoms. The topological polar surface area (TPSA) is 68.2 Å². The first-order chi connectivity index (χ1) is 12.2. The van der Waals surface area contributed by atoms with Gasteiger partial charge in [-0.05, 0) is 30.2 Å². The highest BCUT2D eigenvalue weighted by atomic mass is 16.2. The molecule has 0 aromatic heterocycles. The van der Waals surface area contributed by atoms with Gasteiger partial charge in [-0.3, -0.25) is 0 Å². The van der Waals surface area contributed by atoms with E-state index < -0.39 is 0 Å². The lowest BCUT2D eigenvalue weighted by Crippen LogP contribution is -2.53. The Morgan fingerprint density at radius 2 is 1.88 bits per heavy atom. The van der Waals surface area contributed by atoms with Crippen molar-refractivity contribution in [2.45, 2.75) is 18.9 Å². The van der Waals surface area contributed by atoms with E-state index in [-0.39, 0.29) is 18.0 Å². The third-order valence-corrected chi connectivity index (χ3v) is 4.52. The third kappa shape index (κ3) is 3.98. The Bertz CT molecular complexity index is 752. The highest BCUT2D eigenvalue weighted by molar-refractivity contribution is 5.89. The minimum absolute atomic E-state index is 0.0818. The number of carbonyl (C=O) groups is 1. The van der Waals surface area contributed by atoms with Crippen molar-refractivity contribution < 1.29 is 4.79 Å². The molecule has 2 aromatic rings. The second-order valence-corrected chi connectivity index (χ2v) is 6.27. The molecule has 1 aliphatic rings. The number of nitrogens with one attached hydrogen (secondary N) is 2. The van der Waals surface area contributed by atoms with Gasteiger partial charge >= 0.3 is 6.03 Å². The van der Waals surface area contributed by atoms with Crippen LogP contribution in [0.2, 0.25) is 0 Å². The summed E-state index contributed by atoms with van der Waals surface area (Å²) in [5.41, 5.74) is 2.63. The van der Waals surface area contributed by atoms with E-state index in [1.165, 1.54) is 0 Å². The molecule has 0 radical (unpaired) electrons. The SMILES string of the molecule is CC1CNCCN1C(=O)Nc1ccc(C(C#N)c2ccccc2)cc1. The minimum Gasteiger partial charge on any atom is -0.319 e. The average molecular weight is 334 g/mol. The molecule has 2 amide bonds. The Balaban J connectivity index is 1.70. The number of piperazine rings is 1.